The summed E-state index contributed by atoms with van der Waals surface area (Å²) in [6, 6.07) is 15.0. The number of hydrogen-bond acceptors (Lipinski definition) is 5. The normalized spacial score (nSPS) is 17.4. The van der Waals surface area contributed by atoms with Crippen LogP contribution in [0.15, 0.2) is 70.9 Å². The lowest BCUT2D eigenvalue weighted by atomic mass is 9.99. The van der Waals surface area contributed by atoms with Gasteiger partial charge in [0.1, 0.15) is 23.3 Å². The predicted molar refractivity (Wildman–Crippen MR) is 131 cm³/mol. The molecule has 1 N–H and O–H groups in total. The van der Waals surface area contributed by atoms with Gasteiger partial charge in [0.2, 0.25) is 0 Å². The Morgan fingerprint density at radius 1 is 1.03 bits per heavy atom. The molecule has 1 aliphatic heterocycles. The van der Waals surface area contributed by atoms with E-state index >= 15 is 0 Å². The fourth-order valence-electron chi connectivity index (χ4n) is 4.10. The van der Waals surface area contributed by atoms with Crippen LogP contribution in [-0.2, 0) is 9.59 Å². The van der Waals surface area contributed by atoms with Gasteiger partial charge in [-0.1, -0.05) is 25.8 Å². The van der Waals surface area contributed by atoms with Gasteiger partial charge in [0.25, 0.3) is 11.7 Å². The highest BCUT2D eigenvalue weighted by Gasteiger charge is 2.48. The Bertz CT molecular complexity index is 1210. The molecule has 6 nitrogen and oxygen atoms in total. The number of aryl methyl sites for hydroxylation is 2. The Hall–Kier alpha value is -3.80. The van der Waals surface area contributed by atoms with E-state index in [9.17, 15) is 14.7 Å². The molecule has 1 amide bonds. The Balaban J connectivity index is 1.72. The van der Waals surface area contributed by atoms with Crippen LogP contribution in [0.2, 0.25) is 0 Å². The summed E-state index contributed by atoms with van der Waals surface area (Å²) in [5, 5.41) is 11.2. The summed E-state index contributed by atoms with van der Waals surface area (Å²) in [7, 11) is 0. The molecule has 1 unspecified atom stereocenters. The molecule has 0 spiro atoms. The average molecular weight is 460 g/mol. The fourth-order valence-corrected chi connectivity index (χ4v) is 4.10. The number of ketones is 1. The molecule has 2 heterocycles. The molecular formula is C28H29NO5. The minimum atomic E-state index is -0.873. The number of amides is 1. The van der Waals surface area contributed by atoms with Gasteiger partial charge in [0.15, 0.2) is 0 Å². The molecule has 4 rings (SSSR count). The number of anilines is 1. The van der Waals surface area contributed by atoms with E-state index in [0.29, 0.717) is 29.4 Å². The number of benzene rings is 2. The summed E-state index contributed by atoms with van der Waals surface area (Å²) < 4.78 is 11.3. The number of ether oxygens (including phenoxy) is 1. The molecule has 0 saturated carbocycles. The lowest BCUT2D eigenvalue weighted by molar-refractivity contribution is -0.132. The molecule has 1 aromatic heterocycles. The molecule has 0 aliphatic carbocycles. The van der Waals surface area contributed by atoms with E-state index < -0.39 is 17.7 Å². The van der Waals surface area contributed by atoms with Gasteiger partial charge in [0, 0.05) is 11.3 Å². The molecule has 3 aromatic rings. The summed E-state index contributed by atoms with van der Waals surface area (Å²) >= 11 is 0. The third-order valence-electron chi connectivity index (χ3n) is 6.17. The standard InChI is InChI=1S/C28H29NO5/c1-4-5-6-15-33-22-13-10-20(11-14-22)26(30)24-25(23-8-7-16-34-23)29(28(32)27(24)31)21-12-9-18(2)19(3)17-21/h7-14,16-17,25,30H,4-6,15H2,1-3H3/b26-24-. The van der Waals surface area contributed by atoms with Crippen molar-refractivity contribution in [1.82, 2.24) is 0 Å². The van der Waals surface area contributed by atoms with Crippen molar-refractivity contribution >= 4 is 23.1 Å². The van der Waals surface area contributed by atoms with E-state index in [2.05, 4.69) is 6.92 Å². The van der Waals surface area contributed by atoms with Gasteiger partial charge in [0.05, 0.1) is 18.4 Å². The summed E-state index contributed by atoms with van der Waals surface area (Å²) in [6.45, 7) is 6.69. The molecule has 6 heteroatoms. The lowest BCUT2D eigenvalue weighted by Crippen LogP contribution is -2.29. The molecule has 1 atom stereocenters. The van der Waals surface area contributed by atoms with Crippen molar-refractivity contribution in [3.8, 4) is 5.75 Å². The molecule has 1 saturated heterocycles. The average Bonchev–Trinajstić information content (AvgIpc) is 3.46. The zero-order chi connectivity index (χ0) is 24.2. The first kappa shape index (κ1) is 23.4. The molecule has 2 aromatic carbocycles. The first-order valence-electron chi connectivity index (χ1n) is 11.6. The van der Waals surface area contributed by atoms with Crippen molar-refractivity contribution < 1.29 is 23.8 Å². The molecule has 34 heavy (non-hydrogen) atoms. The molecule has 176 valence electrons. The largest absolute Gasteiger partial charge is 0.507 e. The van der Waals surface area contributed by atoms with Crippen molar-refractivity contribution in [2.24, 2.45) is 0 Å². The van der Waals surface area contributed by atoms with Gasteiger partial charge in [-0.2, -0.15) is 0 Å². The highest BCUT2D eigenvalue weighted by Crippen LogP contribution is 2.42. The number of carbonyl (C=O) groups excluding carboxylic acids is 2. The Morgan fingerprint density at radius 2 is 1.79 bits per heavy atom. The van der Waals surface area contributed by atoms with Crippen LogP contribution in [-0.4, -0.2) is 23.4 Å². The Kier molecular flexibility index (Phi) is 6.87. The highest BCUT2D eigenvalue weighted by molar-refractivity contribution is 6.51. The van der Waals surface area contributed by atoms with Crippen LogP contribution in [0.1, 0.15) is 54.7 Å². The summed E-state index contributed by atoms with van der Waals surface area (Å²) in [5.74, 6) is -0.622. The van der Waals surface area contributed by atoms with Gasteiger partial charge in [-0.25, -0.2) is 0 Å². The SMILES string of the molecule is CCCCCOc1ccc(/C(O)=C2/C(=O)C(=O)N(c3ccc(C)c(C)c3)C2c2ccco2)cc1. The van der Waals surface area contributed by atoms with E-state index in [4.69, 9.17) is 9.15 Å². The monoisotopic (exact) mass is 459 g/mol. The van der Waals surface area contributed by atoms with Crippen LogP contribution in [0.4, 0.5) is 5.69 Å². The second-order valence-electron chi connectivity index (χ2n) is 8.53. The maximum atomic E-state index is 13.2. The zero-order valence-corrected chi connectivity index (χ0v) is 19.7. The summed E-state index contributed by atoms with van der Waals surface area (Å²) in [5.41, 5.74) is 3.06. The maximum Gasteiger partial charge on any atom is 0.300 e. The van der Waals surface area contributed by atoms with Crippen LogP contribution < -0.4 is 9.64 Å². The van der Waals surface area contributed by atoms with Crippen molar-refractivity contribution in [2.75, 3.05) is 11.5 Å². The number of unbranched alkanes of at least 4 members (excludes halogenated alkanes) is 2. The molecular weight excluding hydrogens is 430 g/mol. The van der Waals surface area contributed by atoms with Crippen molar-refractivity contribution in [1.29, 1.82) is 0 Å². The van der Waals surface area contributed by atoms with Crippen LogP contribution in [0.5, 0.6) is 5.75 Å². The number of furan rings is 1. The van der Waals surface area contributed by atoms with Crippen molar-refractivity contribution in [3.05, 3.63) is 88.9 Å². The van der Waals surface area contributed by atoms with Gasteiger partial charge in [-0.3, -0.25) is 14.5 Å². The second kappa shape index (κ2) is 10.00. The fraction of sp³-hybridized carbons (Fsp3) is 0.286. The van der Waals surface area contributed by atoms with Crippen molar-refractivity contribution in [3.63, 3.8) is 0 Å². The van der Waals surface area contributed by atoms with Gasteiger partial charge in [-0.05, 0) is 79.9 Å². The third-order valence-corrected chi connectivity index (χ3v) is 6.17. The minimum absolute atomic E-state index is 0.00482. The number of rotatable bonds is 8. The van der Waals surface area contributed by atoms with Crippen LogP contribution in [0.25, 0.3) is 5.76 Å². The Labute approximate surface area is 199 Å². The molecule has 1 aliphatic rings. The lowest BCUT2D eigenvalue weighted by Gasteiger charge is -2.24. The molecule has 1 fully saturated rings. The number of Topliss-reactive ketones (excluding diaryl/α,β-unsaturated/α-hetero) is 1. The molecule has 0 bridgehead atoms. The second-order valence-corrected chi connectivity index (χ2v) is 8.53. The van der Waals surface area contributed by atoms with E-state index in [-0.39, 0.29) is 11.3 Å². The molecule has 0 radical (unpaired) electrons. The number of hydrogen-bond donors (Lipinski definition) is 1. The highest BCUT2D eigenvalue weighted by atomic mass is 16.5. The van der Waals surface area contributed by atoms with Gasteiger partial charge in [-0.15, -0.1) is 0 Å². The van der Waals surface area contributed by atoms with Crippen LogP contribution in [0, 0.1) is 13.8 Å². The van der Waals surface area contributed by atoms with Gasteiger partial charge >= 0.3 is 0 Å². The van der Waals surface area contributed by atoms with Crippen molar-refractivity contribution in [2.45, 2.75) is 46.1 Å². The number of carbonyl (C=O) groups is 2. The van der Waals surface area contributed by atoms with E-state index in [1.54, 1.807) is 42.5 Å². The van der Waals surface area contributed by atoms with Crippen LogP contribution in [0.3, 0.4) is 0 Å². The number of nitrogens with zero attached hydrogens (tertiary/aromatic N) is 1. The predicted octanol–water partition coefficient (Wildman–Crippen LogP) is 6.09. The maximum absolute atomic E-state index is 13.2. The van der Waals surface area contributed by atoms with Crippen LogP contribution >= 0.6 is 0 Å². The summed E-state index contributed by atoms with van der Waals surface area (Å²) in [6.07, 6.45) is 4.68. The van der Waals surface area contributed by atoms with Gasteiger partial charge < -0.3 is 14.3 Å². The van der Waals surface area contributed by atoms with E-state index in [0.717, 1.165) is 30.4 Å². The van der Waals surface area contributed by atoms with E-state index in [1.165, 1.54) is 11.2 Å². The quantitative estimate of drug-likeness (QED) is 0.191. The first-order chi connectivity index (χ1) is 16.4. The van der Waals surface area contributed by atoms with E-state index in [1.807, 2.05) is 26.0 Å². The topological polar surface area (TPSA) is 80.0 Å². The third kappa shape index (κ3) is 4.49. The summed E-state index contributed by atoms with van der Waals surface area (Å²) in [4.78, 5) is 27.7. The number of aliphatic hydroxyl groups excluding tert-OH is 1. The number of aliphatic hydroxyl groups is 1. The minimum Gasteiger partial charge on any atom is -0.507 e. The first-order valence-corrected chi connectivity index (χ1v) is 11.6. The Morgan fingerprint density at radius 3 is 2.44 bits per heavy atom. The smallest absolute Gasteiger partial charge is 0.300 e. The zero-order valence-electron chi connectivity index (χ0n) is 19.7.